The summed E-state index contributed by atoms with van der Waals surface area (Å²) in [7, 11) is -3.75. The molecule has 0 spiro atoms. The van der Waals surface area contributed by atoms with Crippen molar-refractivity contribution in [2.45, 2.75) is 45.7 Å². The zero-order chi connectivity index (χ0) is 26.7. The third-order valence-corrected chi connectivity index (χ3v) is 7.38. The van der Waals surface area contributed by atoms with Gasteiger partial charge >= 0.3 is 17.7 Å². The molecule has 3 aromatic rings. The summed E-state index contributed by atoms with van der Waals surface area (Å²) < 4.78 is 34.1. The van der Waals surface area contributed by atoms with Crippen molar-refractivity contribution in [2.24, 2.45) is 0 Å². The number of nitrogens with two attached hydrogens (primary N) is 1. The van der Waals surface area contributed by atoms with Gasteiger partial charge in [0, 0.05) is 6.54 Å². The number of esters is 1. The number of rotatable bonds is 8. The van der Waals surface area contributed by atoms with Crippen LogP contribution in [0.4, 0.5) is 16.6 Å². The molecule has 3 N–H and O–H groups in total. The monoisotopic (exact) mass is 531 g/mol. The van der Waals surface area contributed by atoms with Crippen LogP contribution in [-0.2, 0) is 26.1 Å². The number of nitrogens with one attached hydrogen (secondary N) is 1. The Morgan fingerprint density at radius 3 is 2.59 bits per heavy atom. The van der Waals surface area contributed by atoms with Crippen LogP contribution < -0.4 is 16.1 Å². The van der Waals surface area contributed by atoms with Crippen LogP contribution in [0.3, 0.4) is 0 Å². The van der Waals surface area contributed by atoms with Crippen molar-refractivity contribution in [3.63, 3.8) is 0 Å². The van der Waals surface area contributed by atoms with E-state index in [-0.39, 0.29) is 48.4 Å². The van der Waals surface area contributed by atoms with Gasteiger partial charge in [-0.3, -0.25) is 9.29 Å². The molecule has 0 aliphatic carbocycles. The topological polar surface area (TPSA) is 172 Å². The molecule has 13 nitrogen and oxygen atoms in total. The summed E-state index contributed by atoms with van der Waals surface area (Å²) in [6.07, 6.45) is 1.33. The number of imidazole rings is 1. The summed E-state index contributed by atoms with van der Waals surface area (Å²) in [5, 5.41) is 0. The van der Waals surface area contributed by atoms with Crippen LogP contribution in [0.1, 0.15) is 38.7 Å². The van der Waals surface area contributed by atoms with Gasteiger partial charge in [0.15, 0.2) is 11.5 Å². The zero-order valence-electron chi connectivity index (χ0n) is 20.6. The Bertz CT molecular complexity index is 1480. The quantitative estimate of drug-likeness (QED) is 0.407. The van der Waals surface area contributed by atoms with E-state index in [9.17, 15) is 22.8 Å². The van der Waals surface area contributed by atoms with E-state index in [1.54, 1.807) is 38.1 Å². The Morgan fingerprint density at radius 1 is 1.19 bits per heavy atom. The summed E-state index contributed by atoms with van der Waals surface area (Å²) in [6, 6.07) is 7.41. The van der Waals surface area contributed by atoms with Crippen LogP contribution in [0.15, 0.2) is 35.1 Å². The molecule has 0 saturated carbocycles. The number of amides is 1. The Balaban J connectivity index is 1.86. The molecule has 2 aromatic heterocycles. The maximum atomic E-state index is 13.7. The third-order valence-electron chi connectivity index (χ3n) is 5.95. The lowest BCUT2D eigenvalue weighted by Gasteiger charge is -2.23. The molecule has 0 radical (unpaired) electrons. The standard InChI is InChI=1S/C23H29N7O6S/c1-3-13-37(34,35)27-21-25-18(24)17-19(26-21)29(14-15-9-6-5-7-10-15)23(33)30(17)22(32)28-12-8-11-16(28)20(31)36-4-2/h5-7,9-10,16H,3-4,8,11-14H2,1-2H3,(H3,24,25,26,27). The van der Waals surface area contributed by atoms with Crippen molar-refractivity contribution < 1.29 is 22.7 Å². The highest BCUT2D eigenvalue weighted by Crippen LogP contribution is 2.25. The largest absolute Gasteiger partial charge is 0.464 e. The van der Waals surface area contributed by atoms with Gasteiger partial charge < -0.3 is 15.4 Å². The van der Waals surface area contributed by atoms with Gasteiger partial charge in [-0.1, -0.05) is 37.3 Å². The number of hydrogen-bond acceptors (Lipinski definition) is 9. The van der Waals surface area contributed by atoms with Crippen LogP contribution in [0.25, 0.3) is 11.2 Å². The number of carbonyl (C=O) groups excluding carboxylic acids is 2. The Labute approximate surface area is 213 Å². The summed E-state index contributed by atoms with van der Waals surface area (Å²) >= 11 is 0. The van der Waals surface area contributed by atoms with E-state index in [2.05, 4.69) is 14.7 Å². The maximum absolute atomic E-state index is 13.7. The lowest BCUT2D eigenvalue weighted by Crippen LogP contribution is -2.46. The highest BCUT2D eigenvalue weighted by Gasteiger charge is 2.38. The number of benzene rings is 1. The lowest BCUT2D eigenvalue weighted by atomic mass is 10.2. The average Bonchev–Trinajstić information content (AvgIpc) is 3.43. The molecule has 1 aliphatic rings. The van der Waals surface area contributed by atoms with Gasteiger partial charge in [-0.05, 0) is 31.7 Å². The highest BCUT2D eigenvalue weighted by atomic mass is 32.2. The number of hydrogen-bond donors (Lipinski definition) is 2. The van der Waals surface area contributed by atoms with E-state index in [1.165, 1.54) is 9.47 Å². The summed E-state index contributed by atoms with van der Waals surface area (Å²) in [5.41, 5.74) is 6.10. The molecular weight excluding hydrogens is 502 g/mol. The molecule has 1 fully saturated rings. The number of carbonyl (C=O) groups is 2. The van der Waals surface area contributed by atoms with Gasteiger partial charge in [0.05, 0.1) is 18.9 Å². The molecule has 1 amide bonds. The van der Waals surface area contributed by atoms with Crippen molar-refractivity contribution in [3.05, 3.63) is 46.4 Å². The van der Waals surface area contributed by atoms with Gasteiger partial charge in [-0.15, -0.1) is 0 Å². The fraction of sp³-hybridized carbons (Fsp3) is 0.435. The van der Waals surface area contributed by atoms with E-state index in [0.29, 0.717) is 19.3 Å². The number of anilines is 2. The van der Waals surface area contributed by atoms with E-state index >= 15 is 0 Å². The van der Waals surface area contributed by atoms with Crippen molar-refractivity contribution in [2.75, 3.05) is 29.4 Å². The number of nitrogens with zero attached hydrogens (tertiary/aromatic N) is 5. The third kappa shape index (κ3) is 5.28. The minimum Gasteiger partial charge on any atom is -0.464 e. The van der Waals surface area contributed by atoms with Gasteiger partial charge in [-0.2, -0.15) is 9.97 Å². The molecule has 0 bridgehead atoms. The predicted molar refractivity (Wildman–Crippen MR) is 137 cm³/mol. The first-order chi connectivity index (χ1) is 17.7. The van der Waals surface area contributed by atoms with Crippen molar-refractivity contribution in [1.82, 2.24) is 24.0 Å². The highest BCUT2D eigenvalue weighted by molar-refractivity contribution is 7.92. The zero-order valence-corrected chi connectivity index (χ0v) is 21.4. The van der Waals surface area contributed by atoms with Gasteiger partial charge in [-0.25, -0.2) is 27.4 Å². The second-order valence-corrected chi connectivity index (χ2v) is 10.4. The SMILES string of the molecule is CCCS(=O)(=O)Nc1nc(N)c2c(n1)n(Cc1ccccc1)c(=O)n2C(=O)N1CCCC1C(=O)OCC. The Hall–Kier alpha value is -3.94. The van der Waals surface area contributed by atoms with Gasteiger partial charge in [0.1, 0.15) is 11.6 Å². The number of nitrogen functional groups attached to an aromatic ring is 1. The van der Waals surface area contributed by atoms with E-state index in [0.717, 1.165) is 10.1 Å². The van der Waals surface area contributed by atoms with Crippen LogP contribution in [0, 0.1) is 0 Å². The smallest absolute Gasteiger partial charge is 0.339 e. The molecule has 37 heavy (non-hydrogen) atoms. The minimum atomic E-state index is -3.75. The minimum absolute atomic E-state index is 0.0178. The van der Waals surface area contributed by atoms with E-state index in [4.69, 9.17) is 10.5 Å². The van der Waals surface area contributed by atoms with Gasteiger partial charge in [0.2, 0.25) is 16.0 Å². The first-order valence-electron chi connectivity index (χ1n) is 12.0. The molecule has 198 valence electrons. The Morgan fingerprint density at radius 2 is 1.92 bits per heavy atom. The molecule has 3 heterocycles. The van der Waals surface area contributed by atoms with Crippen molar-refractivity contribution >= 4 is 45.0 Å². The van der Waals surface area contributed by atoms with Crippen LogP contribution in [0.2, 0.25) is 0 Å². The van der Waals surface area contributed by atoms with Crippen molar-refractivity contribution in [3.8, 4) is 0 Å². The fourth-order valence-electron chi connectivity index (χ4n) is 4.37. The molecule has 1 aliphatic heterocycles. The molecule has 1 unspecified atom stereocenters. The van der Waals surface area contributed by atoms with E-state index < -0.39 is 33.8 Å². The molecule has 1 atom stereocenters. The number of aromatic nitrogens is 4. The van der Waals surface area contributed by atoms with Crippen LogP contribution in [0.5, 0.6) is 0 Å². The summed E-state index contributed by atoms with van der Waals surface area (Å²) in [6.45, 7) is 3.82. The molecule has 4 rings (SSSR count). The normalized spacial score (nSPS) is 15.7. The number of likely N-dealkylation sites (tertiary alicyclic amines) is 1. The fourth-order valence-corrected chi connectivity index (χ4v) is 5.38. The first-order valence-corrected chi connectivity index (χ1v) is 13.6. The van der Waals surface area contributed by atoms with Gasteiger partial charge in [0.25, 0.3) is 0 Å². The molecular formula is C23H29N7O6S. The second kappa shape index (κ2) is 10.6. The molecule has 14 heteroatoms. The maximum Gasteiger partial charge on any atom is 0.339 e. The number of ether oxygens (including phenoxy) is 1. The van der Waals surface area contributed by atoms with Crippen LogP contribution >= 0.6 is 0 Å². The molecule has 1 aromatic carbocycles. The van der Waals surface area contributed by atoms with Crippen LogP contribution in [-0.4, -0.2) is 69.4 Å². The second-order valence-electron chi connectivity index (χ2n) is 8.60. The average molecular weight is 532 g/mol. The lowest BCUT2D eigenvalue weighted by molar-refractivity contribution is -0.147. The van der Waals surface area contributed by atoms with E-state index in [1.807, 2.05) is 6.07 Å². The number of sulfonamides is 1. The summed E-state index contributed by atoms with van der Waals surface area (Å²) in [4.78, 5) is 49.3. The predicted octanol–water partition coefficient (Wildman–Crippen LogP) is 1.37. The first kappa shape index (κ1) is 26.1. The number of fused-ring (bicyclic) bond motifs is 1. The summed E-state index contributed by atoms with van der Waals surface area (Å²) in [5.74, 6) is -1.28. The van der Waals surface area contributed by atoms with Crippen molar-refractivity contribution in [1.29, 1.82) is 0 Å². The Kier molecular flexibility index (Phi) is 7.47. The molecule has 1 saturated heterocycles.